The summed E-state index contributed by atoms with van der Waals surface area (Å²) in [6.45, 7) is 5.23. The predicted octanol–water partition coefficient (Wildman–Crippen LogP) is -2.28. The summed E-state index contributed by atoms with van der Waals surface area (Å²) in [5.74, 6) is -6.11. The summed E-state index contributed by atoms with van der Waals surface area (Å²) in [5, 5.41) is 34.3. The molecule has 14 heteroatoms. The average Bonchev–Trinajstić information content (AvgIpc) is 2.90. The average molecular weight is 560 g/mol. The number of ether oxygens (including phenoxy) is 2. The van der Waals surface area contributed by atoms with Gasteiger partial charge in [0.15, 0.2) is 29.7 Å². The van der Waals surface area contributed by atoms with Crippen LogP contribution in [0.25, 0.3) is 0 Å². The molecule has 39 heavy (non-hydrogen) atoms. The molecule has 3 amide bonds. The molecule has 1 aliphatic heterocycles. The van der Waals surface area contributed by atoms with Crippen LogP contribution in [-0.4, -0.2) is 101 Å². The van der Waals surface area contributed by atoms with E-state index in [2.05, 4.69) is 10.6 Å². The van der Waals surface area contributed by atoms with Crippen LogP contribution in [0.15, 0.2) is 0 Å². The fourth-order valence-corrected chi connectivity index (χ4v) is 3.81. The van der Waals surface area contributed by atoms with E-state index in [0.717, 1.165) is 0 Å². The number of aliphatic hydroxyl groups excluding tert-OH is 3. The number of carbonyl (C=O) groups excluding carboxylic acids is 6. The molecule has 7 N–H and O–H groups in total. The molecule has 1 rings (SSSR count). The smallest absolute Gasteiger partial charge is 0.254 e. The first-order valence-corrected chi connectivity index (χ1v) is 13.0. The fourth-order valence-electron chi connectivity index (χ4n) is 3.81. The topological polar surface area (TPSA) is 232 Å². The first-order valence-electron chi connectivity index (χ1n) is 13.0. The van der Waals surface area contributed by atoms with E-state index in [1.54, 1.807) is 13.8 Å². The van der Waals surface area contributed by atoms with Gasteiger partial charge in [0, 0.05) is 24.2 Å². The monoisotopic (exact) mass is 559 g/mol. The summed E-state index contributed by atoms with van der Waals surface area (Å²) >= 11 is 0. The molecule has 5 unspecified atom stereocenters. The van der Waals surface area contributed by atoms with E-state index in [1.165, 1.54) is 6.92 Å². The number of rotatable bonds is 17. The number of carbonyl (C=O) groups is 6. The number of aliphatic hydroxyl groups is 3. The van der Waals surface area contributed by atoms with Crippen LogP contribution >= 0.6 is 0 Å². The minimum atomic E-state index is -1.93. The van der Waals surface area contributed by atoms with Crippen LogP contribution < -0.4 is 16.4 Å². The highest BCUT2D eigenvalue weighted by atomic mass is 16.7. The largest absolute Gasteiger partial charge is 0.394 e. The van der Waals surface area contributed by atoms with Crippen molar-refractivity contribution in [1.82, 2.24) is 10.6 Å². The second kappa shape index (κ2) is 16.4. The van der Waals surface area contributed by atoms with Crippen molar-refractivity contribution in [1.29, 1.82) is 0 Å². The van der Waals surface area contributed by atoms with E-state index in [-0.39, 0.29) is 37.0 Å². The summed E-state index contributed by atoms with van der Waals surface area (Å²) in [4.78, 5) is 73.3. The van der Waals surface area contributed by atoms with Gasteiger partial charge >= 0.3 is 0 Å². The van der Waals surface area contributed by atoms with Crippen molar-refractivity contribution in [2.75, 3.05) is 19.7 Å². The van der Waals surface area contributed by atoms with Crippen LogP contribution in [0.3, 0.4) is 0 Å². The molecular weight excluding hydrogens is 518 g/mol. The summed E-state index contributed by atoms with van der Waals surface area (Å²) in [6.07, 6.45) is -7.44. The lowest BCUT2D eigenvalue weighted by Crippen LogP contribution is -2.57. The maximum Gasteiger partial charge on any atom is 0.254 e. The van der Waals surface area contributed by atoms with Crippen LogP contribution in [0.2, 0.25) is 0 Å². The molecule has 0 radical (unpaired) electrons. The van der Waals surface area contributed by atoms with Gasteiger partial charge in [-0.3, -0.25) is 28.8 Å². The molecule has 0 aromatic rings. The second-order valence-electron chi connectivity index (χ2n) is 9.76. The summed E-state index contributed by atoms with van der Waals surface area (Å²) in [7, 11) is 0. The fraction of sp³-hybridized carbons (Fsp3) is 0.760. The van der Waals surface area contributed by atoms with Gasteiger partial charge in [-0.15, -0.1) is 0 Å². The molecule has 8 atom stereocenters. The summed E-state index contributed by atoms with van der Waals surface area (Å²) < 4.78 is 10.7. The van der Waals surface area contributed by atoms with Crippen LogP contribution in [0, 0.1) is 17.8 Å². The van der Waals surface area contributed by atoms with Gasteiger partial charge in [-0.25, -0.2) is 0 Å². The summed E-state index contributed by atoms with van der Waals surface area (Å²) in [5.41, 5.74) is 5.26. The molecule has 0 spiro atoms. The quantitative estimate of drug-likeness (QED) is 0.104. The Balaban J connectivity index is 2.63. The van der Waals surface area contributed by atoms with Gasteiger partial charge in [-0.05, 0) is 12.8 Å². The predicted molar refractivity (Wildman–Crippen MR) is 135 cm³/mol. The number of hydrogen-bond donors (Lipinski definition) is 6. The number of Topliss-reactive ketones (excluding diaryl/α,β-unsaturated/α-hetero) is 3. The number of nitrogens with two attached hydrogens (primary N) is 1. The van der Waals surface area contributed by atoms with Gasteiger partial charge in [0.25, 0.3) is 5.91 Å². The van der Waals surface area contributed by atoms with Crippen molar-refractivity contribution in [3.63, 3.8) is 0 Å². The normalized spacial score (nSPS) is 25.2. The minimum Gasteiger partial charge on any atom is -0.394 e. The van der Waals surface area contributed by atoms with Crippen molar-refractivity contribution in [2.24, 2.45) is 23.5 Å². The summed E-state index contributed by atoms with van der Waals surface area (Å²) in [6, 6.07) is 0. The Hall–Kier alpha value is -2.78. The third kappa shape index (κ3) is 10.4. The maximum atomic E-state index is 12.6. The van der Waals surface area contributed by atoms with E-state index in [0.29, 0.717) is 6.42 Å². The van der Waals surface area contributed by atoms with Gasteiger partial charge in [0.1, 0.15) is 12.2 Å². The Morgan fingerprint density at radius 2 is 1.54 bits per heavy atom. The Labute approximate surface area is 227 Å². The van der Waals surface area contributed by atoms with Crippen LogP contribution in [0.1, 0.15) is 53.4 Å². The van der Waals surface area contributed by atoms with E-state index >= 15 is 0 Å². The lowest BCUT2D eigenvalue weighted by Gasteiger charge is -2.41. The second-order valence-corrected chi connectivity index (χ2v) is 9.76. The molecule has 14 nitrogen and oxygen atoms in total. The molecule has 1 saturated heterocycles. The zero-order valence-corrected chi connectivity index (χ0v) is 22.8. The van der Waals surface area contributed by atoms with Gasteiger partial charge in [0.05, 0.1) is 32.2 Å². The van der Waals surface area contributed by atoms with Gasteiger partial charge in [-0.1, -0.05) is 27.7 Å². The van der Waals surface area contributed by atoms with E-state index < -0.39 is 85.5 Å². The maximum absolute atomic E-state index is 12.6. The van der Waals surface area contributed by atoms with Crippen molar-refractivity contribution in [2.45, 2.75) is 84.1 Å². The standard InChI is InChI=1S/C25H41N3O11/c1-5-12(3)23(36)27-9-15(30)7-14(6-2)24(37)28-10-16(31)8-17(32)21(22(26)35)39-25-13(4)19(33)20(34)18(11-29)38-25/h12-14,18-21,25,29,33-34H,5-11H2,1-4H3,(H2,26,35)(H,27,36)(H,28,37)/t12?,13?,14?,18?,19-,20+,21?,25-/m1/s1. The lowest BCUT2D eigenvalue weighted by molar-refractivity contribution is -0.288. The first-order chi connectivity index (χ1) is 18.3. The molecule has 0 aliphatic carbocycles. The van der Waals surface area contributed by atoms with Gasteiger partial charge < -0.3 is 41.2 Å². The number of primary amides is 1. The molecular formula is C25H41N3O11. The molecule has 0 aromatic carbocycles. The molecule has 1 aliphatic rings. The van der Waals surface area contributed by atoms with Crippen molar-refractivity contribution in [3.05, 3.63) is 0 Å². The SMILES string of the molecule is CCC(C)C(=O)NCC(=O)CC(CC)C(=O)NCC(=O)CC(=O)C(O[C@H]1OC(CO)[C@H](O)[C@H](O)C1C)C(N)=O. The van der Waals surface area contributed by atoms with E-state index in [9.17, 15) is 44.1 Å². The Morgan fingerprint density at radius 1 is 0.949 bits per heavy atom. The highest BCUT2D eigenvalue weighted by molar-refractivity contribution is 6.11. The molecule has 222 valence electrons. The third-order valence-corrected chi connectivity index (χ3v) is 6.70. The molecule has 0 saturated carbocycles. The van der Waals surface area contributed by atoms with Gasteiger partial charge in [0.2, 0.25) is 11.8 Å². The Kier molecular flexibility index (Phi) is 14.4. The number of hydrogen-bond acceptors (Lipinski definition) is 11. The zero-order chi connectivity index (χ0) is 29.9. The van der Waals surface area contributed by atoms with Gasteiger partial charge in [-0.2, -0.15) is 0 Å². The van der Waals surface area contributed by atoms with Crippen molar-refractivity contribution in [3.8, 4) is 0 Å². The first kappa shape index (κ1) is 34.2. The van der Waals surface area contributed by atoms with Crippen molar-refractivity contribution < 1.29 is 53.6 Å². The van der Waals surface area contributed by atoms with Crippen LogP contribution in [0.4, 0.5) is 0 Å². The number of ketones is 3. The van der Waals surface area contributed by atoms with E-state index in [1.807, 2.05) is 6.92 Å². The Bertz CT molecular complexity index is 894. The molecule has 1 fully saturated rings. The van der Waals surface area contributed by atoms with Crippen LogP contribution in [-0.2, 0) is 38.2 Å². The molecule has 0 aromatic heterocycles. The Morgan fingerprint density at radius 3 is 2.08 bits per heavy atom. The molecule has 1 heterocycles. The highest BCUT2D eigenvalue weighted by Gasteiger charge is 2.44. The minimum absolute atomic E-state index is 0.150. The van der Waals surface area contributed by atoms with E-state index in [4.69, 9.17) is 15.2 Å². The highest BCUT2D eigenvalue weighted by Crippen LogP contribution is 2.27. The third-order valence-electron chi connectivity index (χ3n) is 6.70. The lowest BCUT2D eigenvalue weighted by atomic mass is 9.92. The van der Waals surface area contributed by atoms with Crippen LogP contribution in [0.5, 0.6) is 0 Å². The molecule has 0 bridgehead atoms. The zero-order valence-electron chi connectivity index (χ0n) is 22.8. The number of nitrogens with one attached hydrogen (secondary N) is 2. The van der Waals surface area contributed by atoms with Crippen molar-refractivity contribution >= 4 is 35.1 Å². The number of amides is 3.